The summed E-state index contributed by atoms with van der Waals surface area (Å²) in [6.07, 6.45) is 0.854. The first-order valence-corrected chi connectivity index (χ1v) is 2.64. The Morgan fingerprint density at radius 3 is 2.55 bits per heavy atom. The number of urea groups is 1. The molecule has 3 N–H and O–H groups in total. The highest BCUT2D eigenvalue weighted by Gasteiger charge is 2.24. The molecule has 0 radical (unpaired) electrons. The number of rotatable bonds is 1. The van der Waals surface area contributed by atoms with Gasteiger partial charge in [-0.15, -0.1) is 0 Å². The van der Waals surface area contributed by atoms with Crippen LogP contribution in [0.3, 0.4) is 0 Å². The van der Waals surface area contributed by atoms with Crippen molar-refractivity contribution in [2.75, 3.05) is 0 Å². The summed E-state index contributed by atoms with van der Waals surface area (Å²) >= 11 is 0. The Balaban J connectivity index is 2.72. The molecule has 0 aromatic carbocycles. The molecule has 0 aromatic rings. The van der Waals surface area contributed by atoms with Gasteiger partial charge in [0.15, 0.2) is 0 Å². The van der Waals surface area contributed by atoms with Crippen molar-refractivity contribution in [3.05, 3.63) is 11.8 Å². The third-order valence-corrected chi connectivity index (χ3v) is 0.933. The van der Waals surface area contributed by atoms with Crippen LogP contribution in [0.1, 0.15) is 0 Å². The largest absolute Gasteiger partial charge is 0.385 e. The van der Waals surface area contributed by atoms with Crippen LogP contribution in [-0.4, -0.2) is 18.0 Å². The monoisotopic (exact) mass is 156 g/mol. The minimum atomic E-state index is -0.914. The lowest BCUT2D eigenvalue weighted by molar-refractivity contribution is -0.150. The smallest absolute Gasteiger partial charge is 0.363 e. The van der Waals surface area contributed by atoms with Crippen LogP contribution in [0.25, 0.3) is 0 Å². The lowest BCUT2D eigenvalue weighted by Gasteiger charge is -1.95. The topological polar surface area (TPSA) is 98.5 Å². The summed E-state index contributed by atoms with van der Waals surface area (Å²) in [6, 6.07) is -0.914. The molecule has 0 atom stereocenters. The molecule has 0 aromatic heterocycles. The van der Waals surface area contributed by atoms with Crippen molar-refractivity contribution < 1.29 is 19.1 Å². The number of esters is 2. The summed E-state index contributed by atoms with van der Waals surface area (Å²) in [5.41, 5.74) is 4.44. The van der Waals surface area contributed by atoms with E-state index < -0.39 is 18.0 Å². The summed E-state index contributed by atoms with van der Waals surface area (Å²) in [4.78, 5) is 31.0. The Labute approximate surface area is 61.0 Å². The van der Waals surface area contributed by atoms with E-state index in [0.29, 0.717) is 0 Å². The first-order chi connectivity index (χ1) is 5.09. The van der Waals surface area contributed by atoms with E-state index in [9.17, 15) is 14.4 Å². The van der Waals surface area contributed by atoms with Gasteiger partial charge in [0.05, 0.1) is 6.08 Å². The first kappa shape index (κ1) is 7.26. The molecular weight excluding hydrogens is 152 g/mol. The molecule has 6 heteroatoms. The van der Waals surface area contributed by atoms with Crippen LogP contribution >= 0.6 is 0 Å². The van der Waals surface area contributed by atoms with Gasteiger partial charge in [0.1, 0.15) is 5.70 Å². The van der Waals surface area contributed by atoms with Crippen molar-refractivity contribution in [2.24, 2.45) is 5.73 Å². The highest BCUT2D eigenvalue weighted by atomic mass is 16.6. The molecule has 0 saturated heterocycles. The third kappa shape index (κ3) is 1.54. The van der Waals surface area contributed by atoms with E-state index in [0.717, 1.165) is 6.08 Å². The van der Waals surface area contributed by atoms with Gasteiger partial charge in [-0.05, 0) is 0 Å². The molecule has 0 aliphatic carbocycles. The lowest BCUT2D eigenvalue weighted by atomic mass is 10.4. The number of primary amides is 1. The number of nitrogens with two attached hydrogens (primary N) is 1. The molecule has 11 heavy (non-hydrogen) atoms. The van der Waals surface area contributed by atoms with Crippen LogP contribution in [0.2, 0.25) is 0 Å². The molecule has 0 unspecified atom stereocenters. The number of ether oxygens (including phenoxy) is 1. The molecule has 1 aliphatic rings. The van der Waals surface area contributed by atoms with Crippen LogP contribution in [0, 0.1) is 0 Å². The van der Waals surface area contributed by atoms with Crippen molar-refractivity contribution in [2.45, 2.75) is 0 Å². The molecule has 58 valence electrons. The highest BCUT2D eigenvalue weighted by molar-refractivity contribution is 6.10. The quantitative estimate of drug-likeness (QED) is 0.361. The zero-order valence-corrected chi connectivity index (χ0v) is 5.29. The molecule has 6 nitrogen and oxygen atoms in total. The minimum absolute atomic E-state index is 0.234. The average molecular weight is 156 g/mol. The van der Waals surface area contributed by atoms with Gasteiger partial charge >= 0.3 is 18.0 Å². The van der Waals surface area contributed by atoms with Crippen LogP contribution in [0.4, 0.5) is 4.79 Å². The molecule has 1 rings (SSSR count). The normalized spacial score (nSPS) is 15.8. The van der Waals surface area contributed by atoms with Crippen molar-refractivity contribution >= 4 is 18.0 Å². The number of hydrogen-bond acceptors (Lipinski definition) is 4. The van der Waals surface area contributed by atoms with Crippen LogP contribution < -0.4 is 11.1 Å². The van der Waals surface area contributed by atoms with Crippen molar-refractivity contribution in [3.8, 4) is 0 Å². The maximum absolute atomic E-state index is 10.5. The maximum atomic E-state index is 10.5. The summed E-state index contributed by atoms with van der Waals surface area (Å²) in [7, 11) is 0. The van der Waals surface area contributed by atoms with E-state index in [1.165, 1.54) is 0 Å². The fraction of sp³-hybridized carbons (Fsp3) is 0. The lowest BCUT2D eigenvalue weighted by Crippen LogP contribution is -2.30. The highest BCUT2D eigenvalue weighted by Crippen LogP contribution is 2.03. The second-order valence-electron chi connectivity index (χ2n) is 1.76. The van der Waals surface area contributed by atoms with Gasteiger partial charge in [-0.3, -0.25) is 0 Å². The van der Waals surface area contributed by atoms with Crippen molar-refractivity contribution in [1.29, 1.82) is 0 Å². The zero-order valence-electron chi connectivity index (χ0n) is 5.29. The fourth-order valence-electron chi connectivity index (χ4n) is 0.572. The van der Waals surface area contributed by atoms with Crippen molar-refractivity contribution in [3.63, 3.8) is 0 Å². The zero-order chi connectivity index (χ0) is 8.43. The summed E-state index contributed by atoms with van der Waals surface area (Å²) in [5, 5.41) is 1.93. The van der Waals surface area contributed by atoms with Gasteiger partial charge in [0.25, 0.3) is 0 Å². The number of carbonyl (C=O) groups is 3. The van der Waals surface area contributed by atoms with Crippen LogP contribution in [-0.2, 0) is 14.3 Å². The van der Waals surface area contributed by atoms with Gasteiger partial charge < -0.3 is 15.8 Å². The summed E-state index contributed by atoms with van der Waals surface area (Å²) in [5.74, 6) is -1.70. The van der Waals surface area contributed by atoms with Crippen LogP contribution in [0.5, 0.6) is 0 Å². The van der Waals surface area contributed by atoms with Gasteiger partial charge in [-0.2, -0.15) is 0 Å². The molecule has 2 amide bonds. The summed E-state index contributed by atoms with van der Waals surface area (Å²) < 4.78 is 4.03. The Morgan fingerprint density at radius 2 is 2.18 bits per heavy atom. The van der Waals surface area contributed by atoms with E-state index in [4.69, 9.17) is 0 Å². The van der Waals surface area contributed by atoms with Crippen LogP contribution in [0.15, 0.2) is 11.8 Å². The Hall–Kier alpha value is -1.85. The minimum Gasteiger partial charge on any atom is -0.385 e. The van der Waals surface area contributed by atoms with E-state index in [1.54, 1.807) is 0 Å². The average Bonchev–Trinajstić information content (AvgIpc) is 2.09. The number of cyclic esters (lactones) is 2. The molecule has 0 spiro atoms. The predicted octanol–water partition coefficient (Wildman–Crippen LogP) is -1.38. The Morgan fingerprint density at radius 1 is 1.55 bits per heavy atom. The standard InChI is InChI=1S/C5H4N2O4/c6-5(10)7-2-1-3(8)11-4(2)9/h1H,(H3,6,7,10). The SMILES string of the molecule is NC(=O)NC1=CC(=O)OC1=O. The van der Waals surface area contributed by atoms with E-state index >= 15 is 0 Å². The Bertz CT molecular complexity index is 268. The van der Waals surface area contributed by atoms with Gasteiger partial charge in [-0.25, -0.2) is 14.4 Å². The van der Waals surface area contributed by atoms with E-state index in [1.807, 2.05) is 5.32 Å². The second kappa shape index (κ2) is 2.41. The number of carbonyl (C=O) groups excluding carboxylic acids is 3. The van der Waals surface area contributed by atoms with E-state index in [-0.39, 0.29) is 5.70 Å². The first-order valence-electron chi connectivity index (χ1n) is 2.64. The van der Waals surface area contributed by atoms with Gasteiger partial charge in [0.2, 0.25) is 0 Å². The molecule has 0 fully saturated rings. The molecule has 0 saturated carbocycles. The summed E-state index contributed by atoms with van der Waals surface area (Å²) in [6.45, 7) is 0. The Kier molecular flexibility index (Phi) is 1.59. The van der Waals surface area contributed by atoms with Crippen molar-refractivity contribution in [1.82, 2.24) is 5.32 Å². The molecule has 1 heterocycles. The number of amides is 2. The fourth-order valence-corrected chi connectivity index (χ4v) is 0.572. The van der Waals surface area contributed by atoms with Gasteiger partial charge in [-0.1, -0.05) is 0 Å². The van der Waals surface area contributed by atoms with Gasteiger partial charge in [0, 0.05) is 0 Å². The molecule has 0 bridgehead atoms. The van der Waals surface area contributed by atoms with E-state index in [2.05, 4.69) is 10.5 Å². The number of nitrogens with one attached hydrogen (secondary N) is 1. The maximum Gasteiger partial charge on any atom is 0.363 e. The molecular formula is C5H4N2O4. The third-order valence-electron chi connectivity index (χ3n) is 0.933. The second-order valence-corrected chi connectivity index (χ2v) is 1.76. The predicted molar refractivity (Wildman–Crippen MR) is 31.9 cm³/mol. The number of hydrogen-bond donors (Lipinski definition) is 2. The molecule has 1 aliphatic heterocycles.